The molecule has 1 aromatic heterocycles. The molecule has 0 aliphatic rings. The number of nitrogens with zero attached hydrogens (tertiary/aromatic N) is 2. The van der Waals surface area contributed by atoms with Crippen LogP contribution in [0.1, 0.15) is 33.6 Å². The summed E-state index contributed by atoms with van der Waals surface area (Å²) in [5.74, 6) is 1.68. The van der Waals surface area contributed by atoms with E-state index in [0.717, 1.165) is 31.0 Å². The average molecular weight is 208 g/mol. The molecule has 0 fully saturated rings. The van der Waals surface area contributed by atoms with Gasteiger partial charge >= 0.3 is 0 Å². The third-order valence-electron chi connectivity index (χ3n) is 2.20. The molecular formula is C11H20N4. The highest BCUT2D eigenvalue weighted by Crippen LogP contribution is 2.08. The van der Waals surface area contributed by atoms with Gasteiger partial charge in [-0.1, -0.05) is 13.8 Å². The molecule has 15 heavy (non-hydrogen) atoms. The quantitative estimate of drug-likeness (QED) is 0.754. The van der Waals surface area contributed by atoms with Gasteiger partial charge in [-0.05, 0) is 19.8 Å². The number of hydrogen-bond donors (Lipinski definition) is 2. The fourth-order valence-electron chi connectivity index (χ4n) is 1.13. The second-order valence-corrected chi connectivity index (χ2v) is 3.67. The Morgan fingerprint density at radius 2 is 2.00 bits per heavy atom. The first-order chi connectivity index (χ1) is 7.26. The Morgan fingerprint density at radius 3 is 2.67 bits per heavy atom. The highest BCUT2D eigenvalue weighted by atomic mass is 15.1. The van der Waals surface area contributed by atoms with Crippen molar-refractivity contribution in [3.05, 3.63) is 12.4 Å². The minimum Gasteiger partial charge on any atom is -0.369 e. The molecule has 4 nitrogen and oxygen atoms in total. The standard InChI is InChI=1S/C11H20N4/c1-4-6-13-10-7-12-8-11(15-10)14-9(3)5-2/h7-9H,4-6H2,1-3H3,(H2,13,14,15). The Labute approximate surface area is 91.5 Å². The van der Waals surface area contributed by atoms with Gasteiger partial charge in [-0.15, -0.1) is 0 Å². The third-order valence-corrected chi connectivity index (χ3v) is 2.20. The first-order valence-corrected chi connectivity index (χ1v) is 5.58. The van der Waals surface area contributed by atoms with Crippen LogP contribution in [0.3, 0.4) is 0 Å². The molecule has 0 radical (unpaired) electrons. The van der Waals surface area contributed by atoms with E-state index in [1.165, 1.54) is 0 Å². The van der Waals surface area contributed by atoms with Crippen LogP contribution >= 0.6 is 0 Å². The van der Waals surface area contributed by atoms with E-state index in [9.17, 15) is 0 Å². The fraction of sp³-hybridized carbons (Fsp3) is 0.636. The van der Waals surface area contributed by atoms with Gasteiger partial charge in [0, 0.05) is 12.6 Å². The van der Waals surface area contributed by atoms with E-state index < -0.39 is 0 Å². The number of anilines is 2. The fourth-order valence-corrected chi connectivity index (χ4v) is 1.13. The zero-order chi connectivity index (χ0) is 11.1. The van der Waals surface area contributed by atoms with Crippen molar-refractivity contribution < 1.29 is 0 Å². The van der Waals surface area contributed by atoms with Gasteiger partial charge < -0.3 is 10.6 Å². The lowest BCUT2D eigenvalue weighted by molar-refractivity contribution is 0.758. The van der Waals surface area contributed by atoms with E-state index in [1.54, 1.807) is 12.4 Å². The Kier molecular flexibility index (Phi) is 4.87. The molecule has 1 unspecified atom stereocenters. The SMILES string of the molecule is CCCNc1cncc(NC(C)CC)n1. The third kappa shape index (κ3) is 4.14. The molecule has 0 amide bonds. The summed E-state index contributed by atoms with van der Waals surface area (Å²) in [5, 5.41) is 6.51. The Balaban J connectivity index is 2.57. The maximum absolute atomic E-state index is 4.41. The molecule has 0 saturated carbocycles. The van der Waals surface area contributed by atoms with E-state index >= 15 is 0 Å². The van der Waals surface area contributed by atoms with E-state index in [1.807, 2.05) is 0 Å². The molecule has 1 aromatic rings. The summed E-state index contributed by atoms with van der Waals surface area (Å²) in [6, 6.07) is 0.431. The van der Waals surface area contributed by atoms with Crippen LogP contribution in [0, 0.1) is 0 Å². The van der Waals surface area contributed by atoms with Crippen LogP contribution < -0.4 is 10.6 Å². The predicted molar refractivity (Wildman–Crippen MR) is 64.2 cm³/mol. The predicted octanol–water partition coefficient (Wildman–Crippen LogP) is 2.51. The smallest absolute Gasteiger partial charge is 0.147 e. The summed E-state index contributed by atoms with van der Waals surface area (Å²) in [6.45, 7) is 7.33. The van der Waals surface area contributed by atoms with Crippen LogP contribution in [0.15, 0.2) is 12.4 Å². The zero-order valence-corrected chi connectivity index (χ0v) is 9.75. The van der Waals surface area contributed by atoms with E-state index in [2.05, 4.69) is 41.4 Å². The molecule has 0 spiro atoms. The van der Waals surface area contributed by atoms with Gasteiger partial charge in [0.25, 0.3) is 0 Å². The largest absolute Gasteiger partial charge is 0.369 e. The van der Waals surface area contributed by atoms with Gasteiger partial charge in [-0.2, -0.15) is 0 Å². The van der Waals surface area contributed by atoms with Gasteiger partial charge in [0.15, 0.2) is 0 Å². The van der Waals surface area contributed by atoms with Crippen LogP contribution in [0.4, 0.5) is 11.6 Å². The van der Waals surface area contributed by atoms with Gasteiger partial charge in [-0.3, -0.25) is 4.98 Å². The van der Waals surface area contributed by atoms with Gasteiger partial charge in [0.05, 0.1) is 12.4 Å². The highest BCUT2D eigenvalue weighted by Gasteiger charge is 2.01. The van der Waals surface area contributed by atoms with Crippen LogP contribution in [-0.2, 0) is 0 Å². The highest BCUT2D eigenvalue weighted by molar-refractivity contribution is 5.41. The Bertz CT molecular complexity index is 288. The molecule has 0 aliphatic carbocycles. The minimum absolute atomic E-state index is 0.431. The van der Waals surface area contributed by atoms with Crippen molar-refractivity contribution in [3.63, 3.8) is 0 Å². The summed E-state index contributed by atoms with van der Waals surface area (Å²) < 4.78 is 0. The molecule has 1 atom stereocenters. The summed E-state index contributed by atoms with van der Waals surface area (Å²) >= 11 is 0. The van der Waals surface area contributed by atoms with E-state index in [-0.39, 0.29) is 0 Å². The lowest BCUT2D eigenvalue weighted by Gasteiger charge is -2.12. The van der Waals surface area contributed by atoms with Crippen molar-refractivity contribution in [1.82, 2.24) is 9.97 Å². The van der Waals surface area contributed by atoms with Crippen LogP contribution in [0.2, 0.25) is 0 Å². The Hall–Kier alpha value is -1.32. The summed E-state index contributed by atoms with van der Waals surface area (Å²) in [6.07, 6.45) is 5.67. The van der Waals surface area contributed by atoms with Crippen LogP contribution in [0.25, 0.3) is 0 Å². The lowest BCUT2D eigenvalue weighted by Crippen LogP contribution is -2.15. The monoisotopic (exact) mass is 208 g/mol. The maximum Gasteiger partial charge on any atom is 0.147 e. The Morgan fingerprint density at radius 1 is 1.27 bits per heavy atom. The van der Waals surface area contributed by atoms with Gasteiger partial charge in [0.2, 0.25) is 0 Å². The molecule has 0 aromatic carbocycles. The van der Waals surface area contributed by atoms with E-state index in [0.29, 0.717) is 6.04 Å². The summed E-state index contributed by atoms with van der Waals surface area (Å²) in [4.78, 5) is 8.55. The van der Waals surface area contributed by atoms with Crippen molar-refractivity contribution in [1.29, 1.82) is 0 Å². The van der Waals surface area contributed by atoms with E-state index in [4.69, 9.17) is 0 Å². The second kappa shape index (κ2) is 6.22. The topological polar surface area (TPSA) is 49.8 Å². The first-order valence-electron chi connectivity index (χ1n) is 5.58. The van der Waals surface area contributed by atoms with Crippen LogP contribution in [0.5, 0.6) is 0 Å². The number of rotatable bonds is 6. The molecular weight excluding hydrogens is 188 g/mol. The minimum atomic E-state index is 0.431. The molecule has 84 valence electrons. The molecule has 2 N–H and O–H groups in total. The first kappa shape index (κ1) is 11.8. The molecule has 0 saturated heterocycles. The van der Waals surface area contributed by atoms with Gasteiger partial charge in [0.1, 0.15) is 11.6 Å². The summed E-state index contributed by atoms with van der Waals surface area (Å²) in [7, 11) is 0. The number of aromatic nitrogens is 2. The second-order valence-electron chi connectivity index (χ2n) is 3.67. The maximum atomic E-state index is 4.41. The molecule has 1 heterocycles. The summed E-state index contributed by atoms with van der Waals surface area (Å²) in [5.41, 5.74) is 0. The van der Waals surface area contributed by atoms with Crippen LogP contribution in [-0.4, -0.2) is 22.6 Å². The van der Waals surface area contributed by atoms with Crippen molar-refractivity contribution in [2.24, 2.45) is 0 Å². The van der Waals surface area contributed by atoms with Gasteiger partial charge in [-0.25, -0.2) is 4.98 Å². The number of hydrogen-bond acceptors (Lipinski definition) is 4. The zero-order valence-electron chi connectivity index (χ0n) is 9.75. The van der Waals surface area contributed by atoms with Crippen molar-refractivity contribution in [2.75, 3.05) is 17.2 Å². The molecule has 0 bridgehead atoms. The molecule has 0 aliphatic heterocycles. The normalized spacial score (nSPS) is 12.2. The van der Waals surface area contributed by atoms with Crippen molar-refractivity contribution in [3.8, 4) is 0 Å². The van der Waals surface area contributed by atoms with Crippen molar-refractivity contribution >= 4 is 11.6 Å². The van der Waals surface area contributed by atoms with Crippen molar-refractivity contribution in [2.45, 2.75) is 39.7 Å². The average Bonchev–Trinajstić information content (AvgIpc) is 2.26. The lowest BCUT2D eigenvalue weighted by atomic mass is 10.3. The molecule has 4 heteroatoms. The number of nitrogens with one attached hydrogen (secondary N) is 2. The molecule has 1 rings (SSSR count).